The molecule has 1 unspecified atom stereocenters. The zero-order chi connectivity index (χ0) is 15.9. The molecule has 1 aromatic heterocycles. The van der Waals surface area contributed by atoms with Gasteiger partial charge in [-0.15, -0.1) is 0 Å². The maximum atomic E-state index is 11.2. The van der Waals surface area contributed by atoms with Crippen molar-refractivity contribution < 1.29 is 4.79 Å². The quantitative estimate of drug-likeness (QED) is 0.908. The summed E-state index contributed by atoms with van der Waals surface area (Å²) in [6, 6.07) is 10.1. The van der Waals surface area contributed by atoms with Gasteiger partial charge in [-0.05, 0) is 29.0 Å². The van der Waals surface area contributed by atoms with Crippen LogP contribution in [0.1, 0.15) is 47.8 Å². The molecule has 0 saturated heterocycles. The Hall–Kier alpha value is -2.07. The number of aromatic nitrogens is 1. The standard InChI is InChI=1S/C17H18ClN3O/c1-17(2)8-14(11-5-3-4-6-12(11)17)21-16-13(18)7-10(9-20-16)15(19)22/h3-7,9,14H,8H2,1-2H3,(H2,19,22)(H,20,21). The Kier molecular flexibility index (Phi) is 3.57. The highest BCUT2D eigenvalue weighted by Gasteiger charge is 2.36. The topological polar surface area (TPSA) is 68.0 Å². The first-order valence-electron chi connectivity index (χ1n) is 7.20. The van der Waals surface area contributed by atoms with Crippen LogP contribution in [0, 0.1) is 0 Å². The van der Waals surface area contributed by atoms with Crippen molar-refractivity contribution >= 4 is 23.3 Å². The Balaban J connectivity index is 1.90. The molecule has 1 atom stereocenters. The lowest BCUT2D eigenvalue weighted by Gasteiger charge is -2.20. The van der Waals surface area contributed by atoms with E-state index in [1.54, 1.807) is 6.07 Å². The molecule has 1 aromatic carbocycles. The van der Waals surface area contributed by atoms with Gasteiger partial charge in [0.25, 0.3) is 0 Å². The minimum absolute atomic E-state index is 0.105. The zero-order valence-corrected chi connectivity index (χ0v) is 13.3. The number of nitrogens with two attached hydrogens (primary N) is 1. The van der Waals surface area contributed by atoms with Crippen molar-refractivity contribution in [3.8, 4) is 0 Å². The van der Waals surface area contributed by atoms with Crippen LogP contribution in [0.25, 0.3) is 0 Å². The van der Waals surface area contributed by atoms with Gasteiger partial charge in [0, 0.05) is 6.20 Å². The van der Waals surface area contributed by atoms with Crippen molar-refractivity contribution in [2.75, 3.05) is 5.32 Å². The fraction of sp³-hybridized carbons (Fsp3) is 0.294. The van der Waals surface area contributed by atoms with Crippen LogP contribution >= 0.6 is 11.6 Å². The van der Waals surface area contributed by atoms with E-state index >= 15 is 0 Å². The number of carbonyl (C=O) groups is 1. The Labute approximate surface area is 134 Å². The van der Waals surface area contributed by atoms with Crippen molar-refractivity contribution in [1.29, 1.82) is 0 Å². The van der Waals surface area contributed by atoms with Gasteiger partial charge in [-0.25, -0.2) is 4.98 Å². The average molecular weight is 316 g/mol. The van der Waals surface area contributed by atoms with E-state index in [9.17, 15) is 4.79 Å². The molecule has 4 nitrogen and oxygen atoms in total. The highest BCUT2D eigenvalue weighted by molar-refractivity contribution is 6.33. The molecule has 2 aromatic rings. The number of hydrogen-bond donors (Lipinski definition) is 2. The summed E-state index contributed by atoms with van der Waals surface area (Å²) in [5.41, 5.74) is 8.26. The molecule has 0 radical (unpaired) electrons. The second kappa shape index (κ2) is 5.29. The summed E-state index contributed by atoms with van der Waals surface area (Å²) in [4.78, 5) is 15.4. The number of primary amides is 1. The fourth-order valence-corrected chi connectivity index (χ4v) is 3.34. The predicted octanol–water partition coefficient (Wildman–Crippen LogP) is 3.67. The number of hydrogen-bond acceptors (Lipinski definition) is 3. The first-order chi connectivity index (χ1) is 10.4. The van der Waals surface area contributed by atoms with Crippen molar-refractivity contribution in [3.63, 3.8) is 0 Å². The molecule has 5 heteroatoms. The van der Waals surface area contributed by atoms with E-state index in [1.165, 1.54) is 17.3 Å². The van der Waals surface area contributed by atoms with Gasteiger partial charge in [0.15, 0.2) is 0 Å². The maximum Gasteiger partial charge on any atom is 0.250 e. The van der Waals surface area contributed by atoms with Gasteiger partial charge in [-0.1, -0.05) is 49.7 Å². The highest BCUT2D eigenvalue weighted by Crippen LogP contribution is 2.45. The largest absolute Gasteiger partial charge is 0.366 e. The van der Waals surface area contributed by atoms with Crippen molar-refractivity contribution in [3.05, 3.63) is 58.2 Å². The second-order valence-corrected chi connectivity index (χ2v) is 6.70. The summed E-state index contributed by atoms with van der Waals surface area (Å²) in [5.74, 6) is 0.0393. The number of nitrogens with one attached hydrogen (secondary N) is 1. The number of rotatable bonds is 3. The van der Waals surface area contributed by atoms with E-state index in [0.29, 0.717) is 16.4 Å². The highest BCUT2D eigenvalue weighted by atomic mass is 35.5. The van der Waals surface area contributed by atoms with Crippen LogP contribution in [0.15, 0.2) is 36.5 Å². The van der Waals surface area contributed by atoms with E-state index in [-0.39, 0.29) is 11.5 Å². The second-order valence-electron chi connectivity index (χ2n) is 6.29. The third kappa shape index (κ3) is 2.55. The smallest absolute Gasteiger partial charge is 0.250 e. The molecule has 0 saturated carbocycles. The summed E-state index contributed by atoms with van der Waals surface area (Å²) >= 11 is 6.22. The van der Waals surface area contributed by atoms with E-state index < -0.39 is 5.91 Å². The zero-order valence-electron chi connectivity index (χ0n) is 12.6. The number of halogens is 1. The number of amides is 1. The lowest BCUT2D eigenvalue weighted by atomic mass is 9.86. The number of anilines is 1. The molecule has 0 spiro atoms. The molecule has 1 aliphatic rings. The van der Waals surface area contributed by atoms with Gasteiger partial charge < -0.3 is 11.1 Å². The van der Waals surface area contributed by atoms with E-state index in [4.69, 9.17) is 17.3 Å². The van der Waals surface area contributed by atoms with E-state index in [2.05, 4.69) is 42.3 Å². The van der Waals surface area contributed by atoms with Crippen molar-refractivity contribution in [2.45, 2.75) is 31.7 Å². The molecule has 1 amide bonds. The predicted molar refractivity (Wildman–Crippen MR) is 88.2 cm³/mol. The van der Waals surface area contributed by atoms with Gasteiger partial charge in [0.1, 0.15) is 5.82 Å². The third-order valence-corrected chi connectivity index (χ3v) is 4.50. The lowest BCUT2D eigenvalue weighted by Crippen LogP contribution is -2.16. The normalized spacial score (nSPS) is 18.8. The summed E-state index contributed by atoms with van der Waals surface area (Å²) in [6.07, 6.45) is 2.41. The van der Waals surface area contributed by atoms with Gasteiger partial charge in [-0.3, -0.25) is 4.79 Å². The molecule has 0 fully saturated rings. The average Bonchev–Trinajstić information content (AvgIpc) is 2.73. The van der Waals surface area contributed by atoms with Gasteiger partial charge in [-0.2, -0.15) is 0 Å². The third-order valence-electron chi connectivity index (χ3n) is 4.22. The summed E-state index contributed by atoms with van der Waals surface area (Å²) < 4.78 is 0. The number of fused-ring (bicyclic) bond motifs is 1. The van der Waals surface area contributed by atoms with Crippen LogP contribution in [0.4, 0.5) is 5.82 Å². The van der Waals surface area contributed by atoms with Crippen molar-refractivity contribution in [2.24, 2.45) is 5.73 Å². The van der Waals surface area contributed by atoms with E-state index in [1.807, 2.05) is 6.07 Å². The minimum Gasteiger partial charge on any atom is -0.366 e. The molecule has 22 heavy (non-hydrogen) atoms. The SMILES string of the molecule is CC1(C)CC(Nc2ncc(C(N)=O)cc2Cl)c2ccccc21. The molecular formula is C17H18ClN3O. The maximum absolute atomic E-state index is 11.2. The molecule has 1 heterocycles. The molecular weight excluding hydrogens is 298 g/mol. The Bertz CT molecular complexity index is 742. The molecule has 3 rings (SSSR count). The van der Waals surface area contributed by atoms with Crippen LogP contribution in [0.2, 0.25) is 5.02 Å². The summed E-state index contributed by atoms with van der Waals surface area (Å²) in [7, 11) is 0. The number of benzene rings is 1. The lowest BCUT2D eigenvalue weighted by molar-refractivity contribution is 0.1000. The Morgan fingerprint density at radius 2 is 2.14 bits per heavy atom. The van der Waals surface area contributed by atoms with Crippen LogP contribution in [0.3, 0.4) is 0 Å². The van der Waals surface area contributed by atoms with Crippen LogP contribution in [-0.4, -0.2) is 10.9 Å². The van der Waals surface area contributed by atoms with Crippen LogP contribution < -0.4 is 11.1 Å². The van der Waals surface area contributed by atoms with Crippen LogP contribution in [0.5, 0.6) is 0 Å². The van der Waals surface area contributed by atoms with Crippen molar-refractivity contribution in [1.82, 2.24) is 4.98 Å². The Morgan fingerprint density at radius 1 is 1.41 bits per heavy atom. The summed E-state index contributed by atoms with van der Waals surface area (Å²) in [5, 5.41) is 3.79. The molecule has 3 N–H and O–H groups in total. The first kappa shape index (κ1) is 14.9. The summed E-state index contributed by atoms with van der Waals surface area (Å²) in [6.45, 7) is 4.47. The molecule has 1 aliphatic carbocycles. The first-order valence-corrected chi connectivity index (χ1v) is 7.57. The van der Waals surface area contributed by atoms with Gasteiger partial charge >= 0.3 is 0 Å². The Morgan fingerprint density at radius 3 is 2.82 bits per heavy atom. The number of nitrogens with zero attached hydrogens (tertiary/aromatic N) is 1. The van der Waals surface area contributed by atoms with Gasteiger partial charge in [0.2, 0.25) is 5.91 Å². The number of carbonyl (C=O) groups excluding carboxylic acids is 1. The monoisotopic (exact) mass is 315 g/mol. The van der Waals surface area contributed by atoms with Crippen LogP contribution in [-0.2, 0) is 5.41 Å². The van der Waals surface area contributed by atoms with E-state index in [0.717, 1.165) is 6.42 Å². The van der Waals surface area contributed by atoms with Gasteiger partial charge in [0.05, 0.1) is 16.6 Å². The molecule has 0 aliphatic heterocycles. The fourth-order valence-electron chi connectivity index (χ4n) is 3.12. The number of pyridine rings is 1. The minimum atomic E-state index is -0.534. The molecule has 0 bridgehead atoms. The molecule has 114 valence electrons.